The molecule has 0 aromatic heterocycles. The number of halogens is 2. The maximum absolute atomic E-state index is 11.2. The highest BCUT2D eigenvalue weighted by atomic mass is 127. The first-order valence-corrected chi connectivity index (χ1v) is 18.3. The normalized spacial score (nSPS) is 13.6. The summed E-state index contributed by atoms with van der Waals surface area (Å²) < 4.78 is 2.23. The third kappa shape index (κ3) is 4.95. The minimum atomic E-state index is -1.41. The fourth-order valence-corrected chi connectivity index (χ4v) is 8.48. The van der Waals surface area contributed by atoms with E-state index in [1.165, 1.54) is 12.1 Å². The molecule has 8 aromatic rings. The summed E-state index contributed by atoms with van der Waals surface area (Å²) >= 11 is 4.66. The van der Waals surface area contributed by atoms with Crippen molar-refractivity contribution >= 4 is 101 Å². The molecule has 0 bridgehead atoms. The van der Waals surface area contributed by atoms with Crippen molar-refractivity contribution in [2.24, 2.45) is 9.98 Å². The third-order valence-electron chi connectivity index (χ3n) is 9.81. The van der Waals surface area contributed by atoms with Crippen LogP contribution in [0.4, 0.5) is 0 Å². The molecule has 0 saturated carbocycles. The molecule has 1 aliphatic rings. The molecule has 0 amide bonds. The lowest BCUT2D eigenvalue weighted by Crippen LogP contribution is -2.21. The van der Waals surface area contributed by atoms with Gasteiger partial charge in [0.05, 0.1) is 0 Å². The highest BCUT2D eigenvalue weighted by molar-refractivity contribution is 14.1. The van der Waals surface area contributed by atoms with Crippen LogP contribution in [0, 0.1) is 7.14 Å². The summed E-state index contributed by atoms with van der Waals surface area (Å²) in [5, 5.41) is 51.2. The van der Waals surface area contributed by atoms with Gasteiger partial charge >= 0.3 is 0 Å². The van der Waals surface area contributed by atoms with E-state index in [1.54, 1.807) is 12.4 Å². The predicted molar refractivity (Wildman–Crippen MR) is 223 cm³/mol. The lowest BCUT2D eigenvalue weighted by atomic mass is 9.94. The van der Waals surface area contributed by atoms with Crippen molar-refractivity contribution in [3.63, 3.8) is 0 Å². The van der Waals surface area contributed by atoms with E-state index in [4.69, 9.17) is 9.98 Å². The first kappa shape index (κ1) is 31.8. The van der Waals surface area contributed by atoms with Crippen LogP contribution in [0.3, 0.4) is 0 Å². The largest absolute Gasteiger partial charge is 0.504 e. The van der Waals surface area contributed by atoms with Crippen LogP contribution >= 0.6 is 45.2 Å². The van der Waals surface area contributed by atoms with Crippen molar-refractivity contribution in [3.05, 3.63) is 151 Å². The summed E-state index contributed by atoms with van der Waals surface area (Å²) in [6.45, 7) is 0. The molecule has 8 heteroatoms. The molecule has 0 atom stereocenters. The Morgan fingerprint density at radius 1 is 0.451 bits per heavy atom. The van der Waals surface area contributed by atoms with Gasteiger partial charge in [0.1, 0.15) is 0 Å². The van der Waals surface area contributed by atoms with E-state index in [-0.39, 0.29) is 23.0 Å². The zero-order chi connectivity index (χ0) is 35.0. The molecular formula is C43H26I2N2O4. The van der Waals surface area contributed by atoms with Crippen molar-refractivity contribution in [2.75, 3.05) is 0 Å². The lowest BCUT2D eigenvalue weighted by molar-refractivity contribution is 0.404. The van der Waals surface area contributed by atoms with E-state index in [1.807, 2.05) is 48.5 Å². The number of aromatic hydroxyl groups is 4. The Bertz CT molecular complexity index is 2650. The van der Waals surface area contributed by atoms with Gasteiger partial charge in [-0.3, -0.25) is 9.98 Å². The molecule has 0 radical (unpaired) electrons. The number of nitrogens with zero attached hydrogens (tertiary/aromatic N) is 2. The quantitative estimate of drug-likeness (QED) is 0.0802. The summed E-state index contributed by atoms with van der Waals surface area (Å²) in [6, 6.07) is 39.1. The molecule has 0 heterocycles. The van der Waals surface area contributed by atoms with Gasteiger partial charge in [-0.05, 0) is 136 Å². The van der Waals surface area contributed by atoms with E-state index < -0.39 is 5.66 Å². The zero-order valence-corrected chi connectivity index (χ0v) is 31.0. The monoisotopic (exact) mass is 888 g/mol. The molecule has 8 aromatic carbocycles. The molecule has 0 spiro atoms. The smallest absolute Gasteiger partial charge is 0.202 e. The average molecular weight is 888 g/mol. The Labute approximate surface area is 319 Å². The maximum Gasteiger partial charge on any atom is 0.202 e. The number of phenols is 4. The minimum Gasteiger partial charge on any atom is -0.504 e. The second-order valence-corrected chi connectivity index (χ2v) is 15.1. The molecule has 51 heavy (non-hydrogen) atoms. The maximum atomic E-state index is 11.2. The molecule has 0 unspecified atom stereocenters. The van der Waals surface area contributed by atoms with Crippen molar-refractivity contribution in [3.8, 4) is 34.1 Å². The van der Waals surface area contributed by atoms with Gasteiger partial charge < -0.3 is 20.4 Å². The SMILES string of the molecule is Oc1cc2ccccc2c(/C=N/C2(/N=C/c3c(O)c(O)cc4ccccc34)c3ccc4cc(I)ccc4c3-c3c2ccc2cc(I)ccc32)c1O. The van der Waals surface area contributed by atoms with E-state index in [9.17, 15) is 20.4 Å². The summed E-state index contributed by atoms with van der Waals surface area (Å²) in [5.74, 6) is -1.07. The Kier molecular flexibility index (Phi) is 7.44. The molecule has 1 aliphatic carbocycles. The van der Waals surface area contributed by atoms with Crippen LogP contribution in [-0.2, 0) is 5.66 Å². The van der Waals surface area contributed by atoms with Crippen LogP contribution in [0.25, 0.3) is 54.2 Å². The van der Waals surface area contributed by atoms with Gasteiger partial charge in [-0.1, -0.05) is 84.9 Å². The van der Waals surface area contributed by atoms with Crippen LogP contribution in [0.5, 0.6) is 23.0 Å². The summed E-state index contributed by atoms with van der Waals surface area (Å²) in [7, 11) is 0. The van der Waals surface area contributed by atoms with Gasteiger partial charge in [0.25, 0.3) is 0 Å². The van der Waals surface area contributed by atoms with E-state index >= 15 is 0 Å². The molecule has 9 rings (SSSR count). The Hall–Kier alpha value is -5.20. The second-order valence-electron chi connectivity index (χ2n) is 12.7. The molecule has 0 fully saturated rings. The van der Waals surface area contributed by atoms with Gasteiger partial charge in [0, 0.05) is 41.8 Å². The number of phenolic OH excluding ortho intramolecular Hbond substituents is 4. The van der Waals surface area contributed by atoms with Crippen molar-refractivity contribution in [1.82, 2.24) is 0 Å². The molecule has 0 aliphatic heterocycles. The Balaban J connectivity index is 1.42. The molecular weight excluding hydrogens is 862 g/mol. The molecule has 0 saturated heterocycles. The van der Waals surface area contributed by atoms with Crippen LogP contribution in [-0.4, -0.2) is 32.9 Å². The number of benzene rings is 8. The number of aliphatic imine (C=N–C) groups is 2. The van der Waals surface area contributed by atoms with Gasteiger partial charge in [-0.25, -0.2) is 0 Å². The highest BCUT2D eigenvalue weighted by Crippen LogP contribution is 2.56. The molecule has 246 valence electrons. The van der Waals surface area contributed by atoms with Crippen LogP contribution in [0.15, 0.2) is 131 Å². The van der Waals surface area contributed by atoms with Crippen molar-refractivity contribution < 1.29 is 20.4 Å². The standard InChI is InChI=1S/C43H26I2N2O4/c44-27-11-13-31-25(17-27)9-15-35-39(31)40-32-14-12-28(45)18-26(32)10-16-36(40)43(35,46-21-33-29-7-3-1-5-23(29)19-37(48)41(33)50)47-22-34-30-8-4-2-6-24(30)20-38(49)42(34)51/h1-22,48-51H/b46-21+,47-22+. The number of rotatable bonds is 4. The Morgan fingerprint density at radius 2 is 0.863 bits per heavy atom. The fourth-order valence-electron chi connectivity index (χ4n) is 7.45. The third-order valence-corrected chi connectivity index (χ3v) is 11.1. The highest BCUT2D eigenvalue weighted by Gasteiger charge is 2.44. The topological polar surface area (TPSA) is 106 Å². The number of hydrogen-bond donors (Lipinski definition) is 4. The average Bonchev–Trinajstić information content (AvgIpc) is 3.41. The number of hydrogen-bond acceptors (Lipinski definition) is 6. The van der Waals surface area contributed by atoms with E-state index in [2.05, 4.69) is 106 Å². The van der Waals surface area contributed by atoms with Gasteiger partial charge in [0.15, 0.2) is 23.0 Å². The molecule has 4 N–H and O–H groups in total. The van der Waals surface area contributed by atoms with Crippen LogP contribution in [0.2, 0.25) is 0 Å². The lowest BCUT2D eigenvalue weighted by Gasteiger charge is -2.24. The van der Waals surface area contributed by atoms with Gasteiger partial charge in [-0.2, -0.15) is 0 Å². The fraction of sp³-hybridized carbons (Fsp3) is 0.0233. The summed E-state index contributed by atoms with van der Waals surface area (Å²) in [6.07, 6.45) is 3.18. The first-order chi connectivity index (χ1) is 24.7. The second kappa shape index (κ2) is 12.0. The first-order valence-electron chi connectivity index (χ1n) is 16.2. The Morgan fingerprint density at radius 3 is 1.31 bits per heavy atom. The van der Waals surface area contributed by atoms with E-state index in [0.29, 0.717) is 21.9 Å². The van der Waals surface area contributed by atoms with Crippen molar-refractivity contribution in [1.29, 1.82) is 0 Å². The minimum absolute atomic E-state index is 0.253. The summed E-state index contributed by atoms with van der Waals surface area (Å²) in [4.78, 5) is 10.6. The van der Waals surface area contributed by atoms with Gasteiger partial charge in [0.2, 0.25) is 5.66 Å². The van der Waals surface area contributed by atoms with Crippen molar-refractivity contribution in [2.45, 2.75) is 5.66 Å². The number of fused-ring (bicyclic) bond motifs is 9. The predicted octanol–water partition coefficient (Wildman–Crippen LogP) is 10.8. The molecule has 6 nitrogen and oxygen atoms in total. The summed E-state index contributed by atoms with van der Waals surface area (Å²) in [5.41, 5.74) is 2.93. The van der Waals surface area contributed by atoms with E-state index in [0.717, 1.165) is 61.7 Å². The van der Waals surface area contributed by atoms with Crippen LogP contribution < -0.4 is 0 Å². The van der Waals surface area contributed by atoms with Crippen LogP contribution in [0.1, 0.15) is 22.3 Å². The zero-order valence-electron chi connectivity index (χ0n) is 26.6. The van der Waals surface area contributed by atoms with Gasteiger partial charge in [-0.15, -0.1) is 0 Å².